The van der Waals surface area contributed by atoms with Gasteiger partial charge in [0.25, 0.3) is 0 Å². The zero-order chi connectivity index (χ0) is 16.5. The van der Waals surface area contributed by atoms with E-state index in [9.17, 15) is 4.79 Å². The van der Waals surface area contributed by atoms with Crippen LogP contribution < -0.4 is 10.6 Å². The van der Waals surface area contributed by atoms with Gasteiger partial charge >= 0.3 is 0 Å². The molecule has 0 radical (unpaired) electrons. The lowest BCUT2D eigenvalue weighted by Crippen LogP contribution is -2.46. The number of nitrogens with one attached hydrogen (secondary N) is 2. The van der Waals surface area contributed by atoms with Crippen LogP contribution in [0.25, 0.3) is 0 Å². The van der Waals surface area contributed by atoms with E-state index < -0.39 is 0 Å². The van der Waals surface area contributed by atoms with Crippen molar-refractivity contribution in [2.24, 2.45) is 4.99 Å². The molecule has 0 spiro atoms. The molecule has 126 valence electrons. The van der Waals surface area contributed by atoms with Gasteiger partial charge in [-0.2, -0.15) is 0 Å². The molecule has 1 fully saturated rings. The van der Waals surface area contributed by atoms with Gasteiger partial charge < -0.3 is 15.5 Å². The predicted octanol–water partition coefficient (Wildman–Crippen LogP) is 2.41. The van der Waals surface area contributed by atoms with Gasteiger partial charge in [-0.3, -0.25) is 4.79 Å². The maximum Gasteiger partial charge on any atom is 0.241 e. The Kier molecular flexibility index (Phi) is 7.20. The minimum absolute atomic E-state index is 0.141. The standard InChI is InChI=1S/C17H25ClN4O/c1-2-19-17(20-12-14-6-8-15(18)9-7-14)21-13-16(23)22-10-4-3-5-11-22/h6-9H,2-5,10-13H2,1H3,(H2,19,20,21). The van der Waals surface area contributed by atoms with Crippen molar-refractivity contribution >= 4 is 23.5 Å². The maximum atomic E-state index is 12.2. The molecule has 1 saturated heterocycles. The lowest BCUT2D eigenvalue weighted by atomic mass is 10.1. The van der Waals surface area contributed by atoms with E-state index >= 15 is 0 Å². The predicted molar refractivity (Wildman–Crippen MR) is 94.7 cm³/mol. The molecule has 1 aromatic rings. The first kappa shape index (κ1) is 17.6. The molecule has 0 aromatic heterocycles. The topological polar surface area (TPSA) is 56.7 Å². The molecular formula is C17H25ClN4O. The smallest absolute Gasteiger partial charge is 0.241 e. The molecule has 0 bridgehead atoms. The quantitative estimate of drug-likeness (QED) is 0.641. The second-order valence-electron chi connectivity index (χ2n) is 5.62. The molecule has 1 heterocycles. The van der Waals surface area contributed by atoms with Gasteiger partial charge in [-0.05, 0) is 43.9 Å². The first-order chi connectivity index (χ1) is 11.2. The second kappa shape index (κ2) is 9.40. The zero-order valence-electron chi connectivity index (χ0n) is 13.6. The summed E-state index contributed by atoms with van der Waals surface area (Å²) in [5, 5.41) is 7.00. The van der Waals surface area contributed by atoms with Crippen LogP contribution in [-0.4, -0.2) is 42.9 Å². The minimum atomic E-state index is 0.141. The third kappa shape index (κ3) is 6.10. The van der Waals surface area contributed by atoms with E-state index in [0.717, 1.165) is 43.1 Å². The summed E-state index contributed by atoms with van der Waals surface area (Å²) in [6, 6.07) is 7.61. The number of likely N-dealkylation sites (tertiary alicyclic amines) is 1. The van der Waals surface area contributed by atoms with Crippen molar-refractivity contribution in [3.8, 4) is 0 Å². The fraction of sp³-hybridized carbons (Fsp3) is 0.529. The summed E-state index contributed by atoms with van der Waals surface area (Å²) in [7, 11) is 0. The van der Waals surface area contributed by atoms with E-state index in [-0.39, 0.29) is 12.5 Å². The average molecular weight is 337 g/mol. The highest BCUT2D eigenvalue weighted by atomic mass is 35.5. The lowest BCUT2D eigenvalue weighted by Gasteiger charge is -2.27. The molecule has 2 N–H and O–H groups in total. The highest BCUT2D eigenvalue weighted by molar-refractivity contribution is 6.30. The number of aliphatic imine (C=N–C) groups is 1. The Morgan fingerprint density at radius 2 is 1.87 bits per heavy atom. The van der Waals surface area contributed by atoms with Crippen LogP contribution >= 0.6 is 11.6 Å². The van der Waals surface area contributed by atoms with Gasteiger partial charge in [0.2, 0.25) is 5.91 Å². The van der Waals surface area contributed by atoms with Crippen molar-refractivity contribution < 1.29 is 4.79 Å². The van der Waals surface area contributed by atoms with Crippen LogP contribution in [0.3, 0.4) is 0 Å². The van der Waals surface area contributed by atoms with Crippen molar-refractivity contribution in [2.75, 3.05) is 26.2 Å². The largest absolute Gasteiger partial charge is 0.357 e. The third-order valence-electron chi connectivity index (χ3n) is 3.79. The first-order valence-corrected chi connectivity index (χ1v) is 8.61. The number of benzene rings is 1. The van der Waals surface area contributed by atoms with Crippen LogP contribution in [0, 0.1) is 0 Å². The van der Waals surface area contributed by atoms with E-state index in [4.69, 9.17) is 11.6 Å². The number of amides is 1. The fourth-order valence-electron chi connectivity index (χ4n) is 2.52. The number of rotatable bonds is 5. The molecule has 1 aromatic carbocycles. The summed E-state index contributed by atoms with van der Waals surface area (Å²) in [6.45, 7) is 5.34. The van der Waals surface area contributed by atoms with Crippen LogP contribution in [-0.2, 0) is 11.3 Å². The van der Waals surface area contributed by atoms with Crippen LogP contribution in [0.2, 0.25) is 5.02 Å². The SMILES string of the molecule is CCNC(=NCc1ccc(Cl)cc1)NCC(=O)N1CCCCC1. The number of carbonyl (C=O) groups is 1. The van der Waals surface area contributed by atoms with Gasteiger partial charge in [0, 0.05) is 24.7 Å². The first-order valence-electron chi connectivity index (χ1n) is 8.23. The molecule has 0 saturated carbocycles. The van der Waals surface area contributed by atoms with Crippen molar-refractivity contribution in [1.29, 1.82) is 0 Å². The summed E-state index contributed by atoms with van der Waals surface area (Å²) in [5.74, 6) is 0.801. The van der Waals surface area contributed by atoms with Gasteiger partial charge in [0.15, 0.2) is 5.96 Å². The Hall–Kier alpha value is -1.75. The van der Waals surface area contributed by atoms with E-state index in [1.807, 2.05) is 36.1 Å². The Labute approximate surface area is 143 Å². The Morgan fingerprint density at radius 3 is 2.52 bits per heavy atom. The number of halogens is 1. The van der Waals surface area contributed by atoms with Crippen molar-refractivity contribution in [3.63, 3.8) is 0 Å². The molecule has 2 rings (SSSR count). The summed E-state index contributed by atoms with van der Waals surface area (Å²) in [5.41, 5.74) is 1.08. The summed E-state index contributed by atoms with van der Waals surface area (Å²) in [4.78, 5) is 18.6. The highest BCUT2D eigenvalue weighted by Crippen LogP contribution is 2.10. The van der Waals surface area contributed by atoms with E-state index in [2.05, 4.69) is 15.6 Å². The van der Waals surface area contributed by atoms with E-state index in [1.165, 1.54) is 6.42 Å². The average Bonchev–Trinajstić information content (AvgIpc) is 2.59. The Morgan fingerprint density at radius 1 is 1.17 bits per heavy atom. The maximum absolute atomic E-state index is 12.2. The molecule has 6 heteroatoms. The fourth-order valence-corrected chi connectivity index (χ4v) is 2.64. The molecule has 0 aliphatic carbocycles. The number of carbonyl (C=O) groups excluding carboxylic acids is 1. The highest BCUT2D eigenvalue weighted by Gasteiger charge is 2.16. The lowest BCUT2D eigenvalue weighted by molar-refractivity contribution is -0.130. The van der Waals surface area contributed by atoms with Crippen molar-refractivity contribution in [3.05, 3.63) is 34.9 Å². The number of nitrogens with zero attached hydrogens (tertiary/aromatic N) is 2. The molecule has 5 nitrogen and oxygen atoms in total. The van der Waals surface area contributed by atoms with E-state index in [0.29, 0.717) is 12.5 Å². The molecule has 1 aliphatic rings. The van der Waals surface area contributed by atoms with Crippen LogP contribution in [0.4, 0.5) is 0 Å². The zero-order valence-corrected chi connectivity index (χ0v) is 14.4. The Bertz CT molecular complexity index is 524. The summed E-state index contributed by atoms with van der Waals surface area (Å²) in [6.07, 6.45) is 3.44. The number of guanidine groups is 1. The third-order valence-corrected chi connectivity index (χ3v) is 4.05. The van der Waals surface area contributed by atoms with E-state index in [1.54, 1.807) is 0 Å². The molecule has 1 amide bonds. The van der Waals surface area contributed by atoms with Crippen molar-refractivity contribution in [2.45, 2.75) is 32.7 Å². The molecule has 0 unspecified atom stereocenters. The molecule has 23 heavy (non-hydrogen) atoms. The van der Waals surface area contributed by atoms with Gasteiger partial charge in [-0.15, -0.1) is 0 Å². The van der Waals surface area contributed by atoms with Crippen LogP contribution in [0.15, 0.2) is 29.3 Å². The molecular weight excluding hydrogens is 312 g/mol. The van der Waals surface area contributed by atoms with Crippen LogP contribution in [0.5, 0.6) is 0 Å². The number of piperidine rings is 1. The second-order valence-corrected chi connectivity index (χ2v) is 6.05. The number of hydrogen-bond donors (Lipinski definition) is 2. The summed E-state index contributed by atoms with van der Waals surface area (Å²) >= 11 is 5.88. The van der Waals surface area contributed by atoms with Gasteiger partial charge in [-0.1, -0.05) is 23.7 Å². The van der Waals surface area contributed by atoms with Gasteiger partial charge in [-0.25, -0.2) is 4.99 Å². The normalized spacial score (nSPS) is 15.4. The number of hydrogen-bond acceptors (Lipinski definition) is 2. The summed E-state index contributed by atoms with van der Waals surface area (Å²) < 4.78 is 0. The molecule has 0 atom stereocenters. The van der Waals surface area contributed by atoms with Crippen molar-refractivity contribution in [1.82, 2.24) is 15.5 Å². The van der Waals surface area contributed by atoms with Crippen LogP contribution in [0.1, 0.15) is 31.7 Å². The molecule has 1 aliphatic heterocycles. The monoisotopic (exact) mass is 336 g/mol. The van der Waals surface area contributed by atoms with Gasteiger partial charge in [0.1, 0.15) is 0 Å². The van der Waals surface area contributed by atoms with Gasteiger partial charge in [0.05, 0.1) is 13.1 Å². The Balaban J connectivity index is 1.85. The minimum Gasteiger partial charge on any atom is -0.357 e.